The number of allylic oxidation sites excluding steroid dienone is 1. The molecule has 0 spiro atoms. The van der Waals surface area contributed by atoms with Crippen molar-refractivity contribution in [2.75, 3.05) is 13.2 Å². The first-order chi connectivity index (χ1) is 11.8. The molecule has 1 heterocycles. The van der Waals surface area contributed by atoms with Crippen molar-refractivity contribution < 1.29 is 39.8 Å². The van der Waals surface area contributed by atoms with E-state index in [0.29, 0.717) is 6.42 Å². The third kappa shape index (κ3) is 6.30. The molecule has 1 saturated heterocycles. The van der Waals surface area contributed by atoms with Crippen molar-refractivity contribution in [3.05, 3.63) is 12.2 Å². The zero-order valence-electron chi connectivity index (χ0n) is 14.5. The van der Waals surface area contributed by atoms with Gasteiger partial charge in [-0.25, -0.2) is 0 Å². The Balaban J connectivity index is 2.73. The predicted molar refractivity (Wildman–Crippen MR) is 87.4 cm³/mol. The molecule has 146 valence electrons. The molecule has 0 bridgehead atoms. The molecule has 0 radical (unpaired) electrons. The molecule has 0 aliphatic carbocycles. The van der Waals surface area contributed by atoms with Crippen LogP contribution in [0.15, 0.2) is 12.2 Å². The van der Waals surface area contributed by atoms with Gasteiger partial charge in [-0.15, -0.1) is 0 Å². The zero-order valence-corrected chi connectivity index (χ0v) is 14.5. The van der Waals surface area contributed by atoms with Gasteiger partial charge in [-0.2, -0.15) is 0 Å². The summed E-state index contributed by atoms with van der Waals surface area (Å²) in [6.07, 6.45) is -3.79. The van der Waals surface area contributed by atoms with Gasteiger partial charge in [0.2, 0.25) is 5.91 Å². The van der Waals surface area contributed by atoms with Crippen LogP contribution in [-0.4, -0.2) is 87.5 Å². The molecule has 6 N–H and O–H groups in total. The fraction of sp³-hybridized carbons (Fsp3) is 0.812. The van der Waals surface area contributed by atoms with Crippen LogP contribution in [0.1, 0.15) is 26.7 Å². The Bertz CT molecular complexity index is 430. The van der Waals surface area contributed by atoms with E-state index in [0.717, 1.165) is 0 Å². The number of hydrogen-bond donors (Lipinski definition) is 6. The topological polar surface area (TPSA) is 149 Å². The summed E-state index contributed by atoms with van der Waals surface area (Å²) in [7, 11) is 0. The number of rotatable bonds is 9. The van der Waals surface area contributed by atoms with E-state index in [1.54, 1.807) is 13.0 Å². The Hall–Kier alpha value is -1.07. The van der Waals surface area contributed by atoms with Crippen LogP contribution in [0.5, 0.6) is 0 Å². The normalized spacial score (nSPS) is 32.5. The summed E-state index contributed by atoms with van der Waals surface area (Å²) in [5, 5.41) is 51.3. The Morgan fingerprint density at radius 1 is 1.24 bits per heavy atom. The fourth-order valence-electron chi connectivity index (χ4n) is 2.35. The number of ether oxygens (including phenoxy) is 2. The lowest BCUT2D eigenvalue weighted by atomic mass is 9.99. The first-order valence-electron chi connectivity index (χ1n) is 8.41. The molecule has 25 heavy (non-hydrogen) atoms. The Kier molecular flexibility index (Phi) is 9.51. The highest BCUT2D eigenvalue weighted by Gasteiger charge is 2.44. The maximum absolute atomic E-state index is 11.6. The summed E-state index contributed by atoms with van der Waals surface area (Å²) in [6, 6.07) is -0.789. The number of amides is 1. The predicted octanol–water partition coefficient (Wildman–Crippen LogP) is -1.98. The maximum atomic E-state index is 11.6. The van der Waals surface area contributed by atoms with Gasteiger partial charge in [0.15, 0.2) is 6.29 Å². The molecule has 0 aromatic carbocycles. The van der Waals surface area contributed by atoms with Crippen molar-refractivity contribution in [3.63, 3.8) is 0 Å². The van der Waals surface area contributed by atoms with Crippen molar-refractivity contribution >= 4 is 5.91 Å². The number of aliphatic hydroxyl groups is 5. The van der Waals surface area contributed by atoms with E-state index in [2.05, 4.69) is 5.32 Å². The molecule has 0 aromatic heterocycles. The number of carbonyl (C=O) groups excluding carboxylic acids is 1. The van der Waals surface area contributed by atoms with E-state index < -0.39 is 49.5 Å². The zero-order chi connectivity index (χ0) is 19.0. The van der Waals surface area contributed by atoms with Gasteiger partial charge < -0.3 is 40.3 Å². The monoisotopic (exact) mass is 363 g/mol. The summed E-state index contributed by atoms with van der Waals surface area (Å²) in [4.78, 5) is 11.6. The minimum absolute atomic E-state index is 0.205. The lowest BCUT2D eigenvalue weighted by Crippen LogP contribution is -2.60. The Morgan fingerprint density at radius 2 is 1.92 bits per heavy atom. The molecule has 9 nitrogen and oxygen atoms in total. The van der Waals surface area contributed by atoms with Gasteiger partial charge in [-0.1, -0.05) is 26.0 Å². The minimum Gasteiger partial charge on any atom is -0.394 e. The molecular formula is C16H29NO8. The first-order valence-corrected chi connectivity index (χ1v) is 8.41. The van der Waals surface area contributed by atoms with E-state index in [-0.39, 0.29) is 18.9 Å². The summed E-state index contributed by atoms with van der Waals surface area (Å²) >= 11 is 0. The third-order valence-corrected chi connectivity index (χ3v) is 3.94. The van der Waals surface area contributed by atoms with Crippen LogP contribution in [0.2, 0.25) is 0 Å². The van der Waals surface area contributed by atoms with Crippen molar-refractivity contribution in [1.82, 2.24) is 5.32 Å². The Labute approximate surface area is 146 Å². The lowest BCUT2D eigenvalue weighted by Gasteiger charge is -2.40. The second-order valence-corrected chi connectivity index (χ2v) is 5.89. The molecule has 1 aliphatic rings. The number of carbonyl (C=O) groups is 1. The molecule has 0 saturated carbocycles. The molecule has 7 atom stereocenters. The summed E-state index contributed by atoms with van der Waals surface area (Å²) in [5.41, 5.74) is 0. The van der Waals surface area contributed by atoms with Crippen LogP contribution in [-0.2, 0) is 14.3 Å². The van der Waals surface area contributed by atoms with E-state index in [9.17, 15) is 25.2 Å². The minimum atomic E-state index is -1.55. The molecule has 1 aliphatic heterocycles. The molecule has 0 aromatic rings. The first kappa shape index (κ1) is 22.0. The van der Waals surface area contributed by atoms with E-state index in [4.69, 9.17) is 14.6 Å². The summed E-state index contributed by atoms with van der Waals surface area (Å²) in [6.45, 7) is 2.79. The maximum Gasteiger partial charge on any atom is 0.220 e. The van der Waals surface area contributed by atoms with E-state index in [1.165, 1.54) is 6.08 Å². The average Bonchev–Trinajstić information content (AvgIpc) is 2.62. The van der Waals surface area contributed by atoms with Crippen molar-refractivity contribution in [2.45, 2.75) is 69.5 Å². The second-order valence-electron chi connectivity index (χ2n) is 5.89. The van der Waals surface area contributed by atoms with Crippen molar-refractivity contribution in [2.24, 2.45) is 0 Å². The van der Waals surface area contributed by atoms with Crippen LogP contribution in [0.25, 0.3) is 0 Å². The van der Waals surface area contributed by atoms with Crippen LogP contribution in [0.3, 0.4) is 0 Å². The molecule has 1 amide bonds. The molecule has 1 rings (SSSR count). The van der Waals surface area contributed by atoms with Gasteiger partial charge in [-0.05, 0) is 6.42 Å². The highest BCUT2D eigenvalue weighted by atomic mass is 16.7. The van der Waals surface area contributed by atoms with Gasteiger partial charge >= 0.3 is 0 Å². The smallest absolute Gasteiger partial charge is 0.220 e. The van der Waals surface area contributed by atoms with Crippen molar-refractivity contribution in [3.8, 4) is 0 Å². The fourth-order valence-corrected chi connectivity index (χ4v) is 2.35. The van der Waals surface area contributed by atoms with Gasteiger partial charge in [0.25, 0.3) is 0 Å². The lowest BCUT2D eigenvalue weighted by molar-refractivity contribution is -0.302. The van der Waals surface area contributed by atoms with Gasteiger partial charge in [0, 0.05) is 6.42 Å². The molecular weight excluding hydrogens is 334 g/mol. The van der Waals surface area contributed by atoms with Gasteiger partial charge in [0.05, 0.1) is 25.4 Å². The summed E-state index contributed by atoms with van der Waals surface area (Å²) in [5.74, 6) is -0.286. The quantitative estimate of drug-likeness (QED) is 0.258. The van der Waals surface area contributed by atoms with Crippen LogP contribution < -0.4 is 5.32 Å². The number of aliphatic hydroxyl groups excluding tert-OH is 5. The Morgan fingerprint density at radius 3 is 2.48 bits per heavy atom. The molecule has 1 fully saturated rings. The third-order valence-electron chi connectivity index (χ3n) is 3.94. The van der Waals surface area contributed by atoms with Gasteiger partial charge in [-0.3, -0.25) is 4.79 Å². The van der Waals surface area contributed by atoms with E-state index in [1.807, 2.05) is 6.92 Å². The number of nitrogens with one attached hydrogen (secondary N) is 1. The second kappa shape index (κ2) is 10.8. The highest BCUT2D eigenvalue weighted by Crippen LogP contribution is 2.22. The summed E-state index contributed by atoms with van der Waals surface area (Å²) < 4.78 is 10.6. The SMILES string of the molecule is CCC=C[C@@H](O)[C@H](CO[C@@H]1OC(CO)[C@H](O)[C@H](O)C1O)NC(=O)CC. The molecule has 9 heteroatoms. The van der Waals surface area contributed by atoms with Crippen LogP contribution >= 0.6 is 0 Å². The van der Waals surface area contributed by atoms with Crippen molar-refractivity contribution in [1.29, 1.82) is 0 Å². The van der Waals surface area contributed by atoms with Gasteiger partial charge in [0.1, 0.15) is 24.4 Å². The number of hydrogen-bond acceptors (Lipinski definition) is 8. The molecule has 2 unspecified atom stereocenters. The largest absolute Gasteiger partial charge is 0.394 e. The standard InChI is InChI=1S/C16H29NO8/c1-3-5-6-10(19)9(17-12(20)4-2)8-24-16-15(23)14(22)13(21)11(7-18)25-16/h5-6,9-11,13-16,18-19,21-23H,3-4,7-8H2,1-2H3,(H,17,20)/t9-,10+,11?,13-,14-,15?,16+/m0/s1. The van der Waals surface area contributed by atoms with Crippen LogP contribution in [0.4, 0.5) is 0 Å². The average molecular weight is 363 g/mol. The van der Waals surface area contributed by atoms with Crippen LogP contribution in [0, 0.1) is 0 Å². The van der Waals surface area contributed by atoms with E-state index >= 15 is 0 Å². The highest BCUT2D eigenvalue weighted by molar-refractivity contribution is 5.75.